The maximum atomic E-state index is 12.1. The molecule has 1 N–H and O–H groups in total. The van der Waals surface area contributed by atoms with E-state index in [2.05, 4.69) is 13.5 Å². The largest absolute Gasteiger partial charge is 0.496 e. The SMILES string of the molecule is C=C1C=C(C(=O)OCC)Oc2cc3c(c(OC)c21)CC(C(C)(O)CCCCCC)O3. The van der Waals surface area contributed by atoms with Crippen molar-refractivity contribution >= 4 is 11.5 Å². The normalized spacial score (nSPS) is 19.0. The Bertz CT molecular complexity index is 852. The first-order valence-corrected chi connectivity index (χ1v) is 10.7. The van der Waals surface area contributed by atoms with Crippen LogP contribution in [0.5, 0.6) is 17.2 Å². The van der Waals surface area contributed by atoms with Gasteiger partial charge in [0, 0.05) is 18.1 Å². The van der Waals surface area contributed by atoms with Crippen molar-refractivity contribution in [2.45, 2.75) is 71.0 Å². The highest BCUT2D eigenvalue weighted by Gasteiger charge is 2.41. The standard InChI is InChI=1S/C24H32O6/c1-6-8-9-10-11-24(4,26)20-13-16-17(30-20)14-18-21(22(16)27-5)15(3)12-19(29-18)23(25)28-7-2/h12,14,20,26H,3,6-11,13H2,1-2,4-5H3. The van der Waals surface area contributed by atoms with Crippen LogP contribution in [0.1, 0.15) is 64.0 Å². The van der Waals surface area contributed by atoms with Crippen molar-refractivity contribution in [3.05, 3.63) is 35.6 Å². The number of allylic oxidation sites excluding steroid dienone is 2. The van der Waals surface area contributed by atoms with E-state index in [-0.39, 0.29) is 18.5 Å². The van der Waals surface area contributed by atoms with E-state index >= 15 is 0 Å². The van der Waals surface area contributed by atoms with Crippen LogP contribution in [0.4, 0.5) is 0 Å². The number of hydrogen-bond donors (Lipinski definition) is 1. The van der Waals surface area contributed by atoms with Gasteiger partial charge < -0.3 is 24.1 Å². The Morgan fingerprint density at radius 2 is 2.07 bits per heavy atom. The number of unbranched alkanes of at least 4 members (excludes halogenated alkanes) is 3. The van der Waals surface area contributed by atoms with Crippen molar-refractivity contribution in [3.8, 4) is 17.2 Å². The molecule has 3 rings (SSSR count). The van der Waals surface area contributed by atoms with Crippen LogP contribution in [0.3, 0.4) is 0 Å². The Morgan fingerprint density at radius 1 is 1.30 bits per heavy atom. The van der Waals surface area contributed by atoms with E-state index in [1.54, 1.807) is 26.2 Å². The van der Waals surface area contributed by atoms with E-state index < -0.39 is 11.6 Å². The molecule has 2 atom stereocenters. The number of carbonyl (C=O) groups is 1. The Morgan fingerprint density at radius 3 is 2.73 bits per heavy atom. The van der Waals surface area contributed by atoms with Crippen LogP contribution in [-0.2, 0) is 16.0 Å². The number of fused-ring (bicyclic) bond motifs is 2. The lowest BCUT2D eigenvalue weighted by Crippen LogP contribution is -2.42. The Hall–Kier alpha value is -2.47. The summed E-state index contributed by atoms with van der Waals surface area (Å²) < 4.78 is 22.7. The van der Waals surface area contributed by atoms with Crippen LogP contribution < -0.4 is 14.2 Å². The first kappa shape index (κ1) is 22.2. The van der Waals surface area contributed by atoms with Gasteiger partial charge in [0.15, 0.2) is 0 Å². The molecule has 0 spiro atoms. The predicted octanol–water partition coefficient (Wildman–Crippen LogP) is 4.57. The molecule has 2 heterocycles. The Balaban J connectivity index is 1.85. The molecule has 0 amide bonds. The fourth-order valence-corrected chi connectivity index (χ4v) is 4.04. The van der Waals surface area contributed by atoms with Crippen LogP contribution in [0.15, 0.2) is 24.5 Å². The molecule has 1 aromatic carbocycles. The summed E-state index contributed by atoms with van der Waals surface area (Å²) in [6.45, 7) is 10.1. The zero-order chi connectivity index (χ0) is 21.9. The summed E-state index contributed by atoms with van der Waals surface area (Å²) in [5.41, 5.74) is 1.22. The molecule has 2 unspecified atom stereocenters. The van der Waals surface area contributed by atoms with Crippen LogP contribution in [-0.4, -0.2) is 36.5 Å². The molecule has 0 aromatic heterocycles. The molecule has 0 aliphatic carbocycles. The van der Waals surface area contributed by atoms with E-state index in [4.69, 9.17) is 18.9 Å². The second-order valence-corrected chi connectivity index (χ2v) is 8.09. The Kier molecular flexibility index (Phi) is 6.76. The average molecular weight is 417 g/mol. The van der Waals surface area contributed by atoms with Gasteiger partial charge in [0.05, 0.1) is 24.9 Å². The number of aliphatic hydroxyl groups is 1. The van der Waals surface area contributed by atoms with E-state index in [0.29, 0.717) is 41.2 Å². The van der Waals surface area contributed by atoms with Crippen molar-refractivity contribution < 1.29 is 28.8 Å². The second kappa shape index (κ2) is 9.13. The number of esters is 1. The van der Waals surface area contributed by atoms with Gasteiger partial charge in [-0.15, -0.1) is 0 Å². The molecule has 6 heteroatoms. The molecular weight excluding hydrogens is 384 g/mol. The second-order valence-electron chi connectivity index (χ2n) is 8.09. The fourth-order valence-electron chi connectivity index (χ4n) is 4.04. The molecule has 2 aliphatic heterocycles. The van der Waals surface area contributed by atoms with Crippen LogP contribution in [0.25, 0.3) is 5.57 Å². The number of carbonyl (C=O) groups excluding carboxylic acids is 1. The highest BCUT2D eigenvalue weighted by molar-refractivity contribution is 5.95. The number of methoxy groups -OCH3 is 1. The average Bonchev–Trinajstić information content (AvgIpc) is 3.14. The summed E-state index contributed by atoms with van der Waals surface area (Å²) in [5, 5.41) is 11.1. The maximum absolute atomic E-state index is 12.1. The molecule has 6 nitrogen and oxygen atoms in total. The predicted molar refractivity (Wildman–Crippen MR) is 115 cm³/mol. The topological polar surface area (TPSA) is 74.2 Å². The summed E-state index contributed by atoms with van der Waals surface area (Å²) in [6.07, 6.45) is 6.76. The number of benzene rings is 1. The molecule has 0 saturated carbocycles. The molecule has 0 radical (unpaired) electrons. The van der Waals surface area contributed by atoms with Crippen molar-refractivity contribution in [3.63, 3.8) is 0 Å². The molecule has 164 valence electrons. The van der Waals surface area contributed by atoms with Gasteiger partial charge in [0.25, 0.3) is 0 Å². The molecular formula is C24H32O6. The zero-order valence-corrected chi connectivity index (χ0v) is 18.4. The summed E-state index contributed by atoms with van der Waals surface area (Å²) in [4.78, 5) is 12.1. The number of ether oxygens (including phenoxy) is 4. The van der Waals surface area contributed by atoms with Gasteiger partial charge in [0.2, 0.25) is 5.76 Å². The molecule has 0 saturated heterocycles. The van der Waals surface area contributed by atoms with Gasteiger partial charge in [-0.05, 0) is 31.9 Å². The van der Waals surface area contributed by atoms with Gasteiger partial charge in [0.1, 0.15) is 23.4 Å². The highest BCUT2D eigenvalue weighted by atomic mass is 16.6. The van der Waals surface area contributed by atoms with Gasteiger partial charge in [-0.1, -0.05) is 39.2 Å². The van der Waals surface area contributed by atoms with Gasteiger partial charge in [-0.2, -0.15) is 0 Å². The van der Waals surface area contributed by atoms with Crippen LogP contribution in [0, 0.1) is 0 Å². The highest BCUT2D eigenvalue weighted by Crippen LogP contribution is 2.49. The van der Waals surface area contributed by atoms with Crippen molar-refractivity contribution in [1.29, 1.82) is 0 Å². The smallest absolute Gasteiger partial charge is 0.374 e. The lowest BCUT2D eigenvalue weighted by atomic mass is 9.88. The quantitative estimate of drug-likeness (QED) is 0.469. The fraction of sp³-hybridized carbons (Fsp3) is 0.542. The first-order chi connectivity index (χ1) is 14.3. The monoisotopic (exact) mass is 416 g/mol. The molecule has 30 heavy (non-hydrogen) atoms. The lowest BCUT2D eigenvalue weighted by Gasteiger charge is -2.29. The van der Waals surface area contributed by atoms with Gasteiger partial charge in [-0.3, -0.25) is 0 Å². The minimum Gasteiger partial charge on any atom is -0.496 e. The maximum Gasteiger partial charge on any atom is 0.374 e. The summed E-state index contributed by atoms with van der Waals surface area (Å²) in [5.74, 6) is 1.18. The summed E-state index contributed by atoms with van der Waals surface area (Å²) >= 11 is 0. The minimum atomic E-state index is -0.954. The van der Waals surface area contributed by atoms with E-state index in [1.165, 1.54) is 0 Å². The van der Waals surface area contributed by atoms with Crippen molar-refractivity contribution in [2.24, 2.45) is 0 Å². The minimum absolute atomic E-state index is 0.0776. The number of hydrogen-bond acceptors (Lipinski definition) is 6. The number of rotatable bonds is 9. The third-order valence-corrected chi connectivity index (χ3v) is 5.72. The molecule has 2 aliphatic rings. The first-order valence-electron chi connectivity index (χ1n) is 10.7. The van der Waals surface area contributed by atoms with Crippen molar-refractivity contribution in [1.82, 2.24) is 0 Å². The van der Waals surface area contributed by atoms with E-state index in [0.717, 1.165) is 31.2 Å². The van der Waals surface area contributed by atoms with Crippen LogP contribution in [0.2, 0.25) is 0 Å². The molecule has 0 bridgehead atoms. The van der Waals surface area contributed by atoms with Crippen LogP contribution >= 0.6 is 0 Å². The van der Waals surface area contributed by atoms with Crippen molar-refractivity contribution in [2.75, 3.05) is 13.7 Å². The summed E-state index contributed by atoms with van der Waals surface area (Å²) in [7, 11) is 1.59. The molecule has 1 aromatic rings. The third-order valence-electron chi connectivity index (χ3n) is 5.72. The van der Waals surface area contributed by atoms with E-state index in [1.807, 2.05) is 6.92 Å². The van der Waals surface area contributed by atoms with Gasteiger partial charge in [-0.25, -0.2) is 4.79 Å². The lowest BCUT2D eigenvalue weighted by molar-refractivity contribution is -0.141. The van der Waals surface area contributed by atoms with Gasteiger partial charge >= 0.3 is 5.97 Å². The third kappa shape index (κ3) is 4.33. The van der Waals surface area contributed by atoms with E-state index in [9.17, 15) is 9.90 Å². The summed E-state index contributed by atoms with van der Waals surface area (Å²) in [6, 6.07) is 1.75. The molecule has 0 fully saturated rings. The zero-order valence-electron chi connectivity index (χ0n) is 18.4. The Labute approximate surface area is 178 Å².